The Hall–Kier alpha value is -2.00. The summed E-state index contributed by atoms with van der Waals surface area (Å²) < 4.78 is 0. The molecule has 3 aromatic rings. The second-order valence-electron chi connectivity index (χ2n) is 5.00. The molecule has 0 aliphatic heterocycles. The van der Waals surface area contributed by atoms with Crippen LogP contribution in [0.25, 0.3) is 10.6 Å². The van der Waals surface area contributed by atoms with Crippen molar-refractivity contribution in [1.29, 1.82) is 0 Å². The van der Waals surface area contributed by atoms with Gasteiger partial charge in [0.25, 0.3) is 0 Å². The number of thiazole rings is 1. The summed E-state index contributed by atoms with van der Waals surface area (Å²) in [6.45, 7) is 4.20. The minimum absolute atomic E-state index is 0.885. The largest absolute Gasteiger partial charge is 0.264 e. The molecule has 0 bridgehead atoms. The maximum Gasteiger partial charge on any atom is 0.125 e. The Bertz CT molecular complexity index is 714. The predicted octanol–water partition coefficient (Wildman–Crippen LogP) is 4.41. The fourth-order valence-corrected chi connectivity index (χ4v) is 3.01. The van der Waals surface area contributed by atoms with E-state index in [2.05, 4.69) is 48.5 Å². The molecular weight excluding hydrogens is 264 g/mol. The Morgan fingerprint density at radius 2 is 1.85 bits per heavy atom. The summed E-state index contributed by atoms with van der Waals surface area (Å²) in [7, 11) is 0. The molecule has 0 saturated carbocycles. The van der Waals surface area contributed by atoms with E-state index in [-0.39, 0.29) is 0 Å². The number of nitrogens with zero attached hydrogens (tertiary/aromatic N) is 2. The second kappa shape index (κ2) is 5.55. The summed E-state index contributed by atoms with van der Waals surface area (Å²) in [5.41, 5.74) is 6.06. The molecular formula is C17H16N2S. The first-order valence-corrected chi connectivity index (χ1v) is 7.51. The van der Waals surface area contributed by atoms with Gasteiger partial charge in [0, 0.05) is 29.8 Å². The Balaban J connectivity index is 1.84. The zero-order valence-electron chi connectivity index (χ0n) is 11.6. The number of benzene rings is 1. The summed E-state index contributed by atoms with van der Waals surface area (Å²) >= 11 is 1.69. The molecule has 3 rings (SSSR count). The van der Waals surface area contributed by atoms with Gasteiger partial charge in [-0.2, -0.15) is 0 Å². The summed E-state index contributed by atoms with van der Waals surface area (Å²) in [5.74, 6) is 0. The predicted molar refractivity (Wildman–Crippen MR) is 84.1 cm³/mol. The van der Waals surface area contributed by atoms with Crippen molar-refractivity contribution in [3.63, 3.8) is 0 Å². The molecule has 0 atom stereocenters. The number of hydrogen-bond donors (Lipinski definition) is 0. The highest BCUT2D eigenvalue weighted by Gasteiger charge is 2.08. The maximum atomic E-state index is 4.74. The Labute approximate surface area is 123 Å². The number of pyridine rings is 1. The van der Waals surface area contributed by atoms with Crippen LogP contribution < -0.4 is 0 Å². The Morgan fingerprint density at radius 1 is 1.05 bits per heavy atom. The molecule has 2 heterocycles. The lowest BCUT2D eigenvalue weighted by atomic mass is 10.1. The van der Waals surface area contributed by atoms with Gasteiger partial charge >= 0.3 is 0 Å². The van der Waals surface area contributed by atoms with Gasteiger partial charge in [0.15, 0.2) is 0 Å². The molecule has 0 radical (unpaired) electrons. The lowest BCUT2D eigenvalue weighted by Crippen LogP contribution is -1.89. The highest BCUT2D eigenvalue weighted by molar-refractivity contribution is 7.13. The molecule has 2 aromatic heterocycles. The topological polar surface area (TPSA) is 25.8 Å². The lowest BCUT2D eigenvalue weighted by molar-refractivity contribution is 1.10. The number of hydrogen-bond acceptors (Lipinski definition) is 3. The zero-order chi connectivity index (χ0) is 13.9. The van der Waals surface area contributed by atoms with E-state index in [1.54, 1.807) is 11.3 Å². The molecule has 0 N–H and O–H groups in total. The molecule has 0 unspecified atom stereocenters. The molecule has 2 nitrogen and oxygen atoms in total. The molecule has 0 amide bonds. The first-order valence-electron chi connectivity index (χ1n) is 6.63. The summed E-state index contributed by atoms with van der Waals surface area (Å²) in [6, 6.07) is 10.7. The molecule has 0 fully saturated rings. The van der Waals surface area contributed by atoms with Crippen molar-refractivity contribution in [2.75, 3.05) is 0 Å². The molecule has 1 aromatic carbocycles. The first-order chi connectivity index (χ1) is 9.72. The summed E-state index contributed by atoms with van der Waals surface area (Å²) in [6.07, 6.45) is 4.60. The van der Waals surface area contributed by atoms with Crippen molar-refractivity contribution >= 4 is 11.3 Å². The zero-order valence-corrected chi connectivity index (χ0v) is 12.4. The monoisotopic (exact) mass is 280 g/mol. The van der Waals surface area contributed by atoms with E-state index >= 15 is 0 Å². The quantitative estimate of drug-likeness (QED) is 0.710. The van der Waals surface area contributed by atoms with Crippen LogP contribution in [0.5, 0.6) is 0 Å². The van der Waals surface area contributed by atoms with E-state index in [1.807, 2.05) is 18.5 Å². The van der Waals surface area contributed by atoms with Crippen molar-refractivity contribution in [2.45, 2.75) is 20.3 Å². The fourth-order valence-electron chi connectivity index (χ4n) is 2.11. The van der Waals surface area contributed by atoms with Gasteiger partial charge in [0.2, 0.25) is 0 Å². The molecule has 3 heteroatoms. The molecule has 0 saturated heterocycles. The van der Waals surface area contributed by atoms with E-state index in [9.17, 15) is 0 Å². The third-order valence-corrected chi connectivity index (χ3v) is 4.25. The van der Waals surface area contributed by atoms with Crippen molar-refractivity contribution < 1.29 is 0 Å². The van der Waals surface area contributed by atoms with Gasteiger partial charge < -0.3 is 0 Å². The highest BCUT2D eigenvalue weighted by atomic mass is 32.1. The van der Waals surface area contributed by atoms with Crippen LogP contribution in [0.2, 0.25) is 0 Å². The smallest absolute Gasteiger partial charge is 0.125 e. The average Bonchev–Trinajstić information content (AvgIpc) is 2.90. The van der Waals surface area contributed by atoms with Crippen LogP contribution in [0.15, 0.2) is 48.1 Å². The SMILES string of the molecule is Cc1ccc(Cc2csc(-c3cnccc3C)n2)cc1. The van der Waals surface area contributed by atoms with Crippen LogP contribution in [0.1, 0.15) is 22.4 Å². The Kier molecular flexibility index (Phi) is 3.61. The fraction of sp³-hybridized carbons (Fsp3) is 0.176. The average molecular weight is 280 g/mol. The standard InChI is InChI=1S/C17H16N2S/c1-12-3-5-14(6-4-12)9-15-11-20-17(19-15)16-10-18-8-7-13(16)2/h3-8,10-11H,9H2,1-2H3. The van der Waals surface area contributed by atoms with Crippen LogP contribution in [0.3, 0.4) is 0 Å². The van der Waals surface area contributed by atoms with E-state index < -0.39 is 0 Å². The number of aryl methyl sites for hydroxylation is 2. The third kappa shape index (κ3) is 2.78. The van der Waals surface area contributed by atoms with Crippen LogP contribution >= 0.6 is 11.3 Å². The summed E-state index contributed by atoms with van der Waals surface area (Å²) in [5, 5.41) is 3.19. The van der Waals surface area contributed by atoms with Crippen molar-refractivity contribution in [1.82, 2.24) is 9.97 Å². The van der Waals surface area contributed by atoms with Gasteiger partial charge in [0.05, 0.1) is 5.69 Å². The number of rotatable bonds is 3. The lowest BCUT2D eigenvalue weighted by Gasteiger charge is -2.00. The molecule has 100 valence electrons. The van der Waals surface area contributed by atoms with Crippen LogP contribution in [0, 0.1) is 13.8 Å². The molecule has 0 spiro atoms. The summed E-state index contributed by atoms with van der Waals surface area (Å²) in [4.78, 5) is 8.93. The van der Waals surface area contributed by atoms with Gasteiger partial charge in [-0.25, -0.2) is 4.98 Å². The van der Waals surface area contributed by atoms with Crippen LogP contribution in [-0.4, -0.2) is 9.97 Å². The van der Waals surface area contributed by atoms with Gasteiger partial charge in [-0.05, 0) is 31.0 Å². The first kappa shape index (κ1) is 13.0. The maximum absolute atomic E-state index is 4.74. The minimum Gasteiger partial charge on any atom is -0.264 e. The van der Waals surface area contributed by atoms with Gasteiger partial charge in [0.1, 0.15) is 5.01 Å². The van der Waals surface area contributed by atoms with E-state index in [0.29, 0.717) is 0 Å². The van der Waals surface area contributed by atoms with Crippen molar-refractivity contribution in [3.8, 4) is 10.6 Å². The third-order valence-electron chi connectivity index (χ3n) is 3.33. The van der Waals surface area contributed by atoms with E-state index in [4.69, 9.17) is 4.98 Å². The van der Waals surface area contributed by atoms with Gasteiger partial charge in [-0.3, -0.25) is 4.98 Å². The van der Waals surface area contributed by atoms with E-state index in [1.165, 1.54) is 16.7 Å². The van der Waals surface area contributed by atoms with Crippen LogP contribution in [-0.2, 0) is 6.42 Å². The Morgan fingerprint density at radius 3 is 2.60 bits per heavy atom. The van der Waals surface area contributed by atoms with Crippen LogP contribution in [0.4, 0.5) is 0 Å². The van der Waals surface area contributed by atoms with Gasteiger partial charge in [-0.15, -0.1) is 11.3 Å². The molecule has 20 heavy (non-hydrogen) atoms. The van der Waals surface area contributed by atoms with Crippen molar-refractivity contribution in [3.05, 3.63) is 70.5 Å². The minimum atomic E-state index is 0.885. The normalized spacial score (nSPS) is 10.7. The number of aromatic nitrogens is 2. The molecule has 0 aliphatic rings. The highest BCUT2D eigenvalue weighted by Crippen LogP contribution is 2.26. The second-order valence-corrected chi connectivity index (χ2v) is 5.86. The molecule has 0 aliphatic carbocycles. The van der Waals surface area contributed by atoms with Crippen molar-refractivity contribution in [2.24, 2.45) is 0 Å². The van der Waals surface area contributed by atoms with Gasteiger partial charge in [-0.1, -0.05) is 29.8 Å². The van der Waals surface area contributed by atoms with E-state index in [0.717, 1.165) is 22.7 Å².